The molecule has 0 saturated carbocycles. The number of benzene rings is 1. The Morgan fingerprint density at radius 2 is 1.68 bits per heavy atom. The molecule has 0 aromatic heterocycles. The lowest BCUT2D eigenvalue weighted by Crippen LogP contribution is -2.41. The Bertz CT molecular complexity index is 598. The summed E-state index contributed by atoms with van der Waals surface area (Å²) in [5, 5.41) is 0. The predicted octanol–water partition coefficient (Wildman–Crippen LogP) is 2.65. The van der Waals surface area contributed by atoms with Crippen molar-refractivity contribution in [2.24, 2.45) is 0 Å². The summed E-state index contributed by atoms with van der Waals surface area (Å²) in [6.07, 6.45) is -0.0287. The molecule has 0 aliphatic carbocycles. The van der Waals surface area contributed by atoms with Crippen LogP contribution in [0.15, 0.2) is 24.3 Å². The molecule has 25 heavy (non-hydrogen) atoms. The van der Waals surface area contributed by atoms with Crippen molar-refractivity contribution >= 4 is 12.6 Å². The van der Waals surface area contributed by atoms with Crippen LogP contribution in [0.5, 0.6) is 0 Å². The highest BCUT2D eigenvalue weighted by molar-refractivity contribution is 6.62. The van der Waals surface area contributed by atoms with Crippen LogP contribution in [-0.4, -0.2) is 43.4 Å². The maximum Gasteiger partial charge on any atom is 0.495 e. The van der Waals surface area contributed by atoms with Gasteiger partial charge in [0.25, 0.3) is 0 Å². The first-order valence-electron chi connectivity index (χ1n) is 8.93. The fourth-order valence-corrected chi connectivity index (χ4v) is 3.01. The van der Waals surface area contributed by atoms with Crippen LogP contribution in [0.25, 0.3) is 0 Å². The Hall–Kier alpha value is -0.915. The summed E-state index contributed by atoms with van der Waals surface area (Å²) in [5.74, 6) is -0.519. The summed E-state index contributed by atoms with van der Waals surface area (Å²) >= 11 is 0. The highest BCUT2D eigenvalue weighted by Crippen LogP contribution is 2.36. The first-order chi connectivity index (χ1) is 11.6. The van der Waals surface area contributed by atoms with Gasteiger partial charge in [-0.3, -0.25) is 0 Å². The van der Waals surface area contributed by atoms with Crippen LogP contribution in [-0.2, 0) is 30.1 Å². The van der Waals surface area contributed by atoms with Crippen LogP contribution in [0, 0.1) is 0 Å². The van der Waals surface area contributed by atoms with Gasteiger partial charge in [-0.25, -0.2) is 0 Å². The van der Waals surface area contributed by atoms with Gasteiger partial charge < -0.3 is 23.5 Å². The largest absolute Gasteiger partial charge is 0.495 e. The number of ether oxygens (including phenoxy) is 3. The third-order valence-corrected chi connectivity index (χ3v) is 5.19. The van der Waals surface area contributed by atoms with E-state index in [0.29, 0.717) is 19.8 Å². The lowest BCUT2D eigenvalue weighted by molar-refractivity contribution is -0.145. The van der Waals surface area contributed by atoms with Gasteiger partial charge >= 0.3 is 7.12 Å². The second-order valence-corrected chi connectivity index (χ2v) is 8.25. The molecule has 2 aliphatic heterocycles. The molecule has 2 fully saturated rings. The van der Waals surface area contributed by atoms with Gasteiger partial charge in [-0.15, -0.1) is 0 Å². The van der Waals surface area contributed by atoms with E-state index in [1.807, 2.05) is 32.0 Å². The van der Waals surface area contributed by atoms with E-state index in [1.54, 1.807) is 0 Å². The minimum absolute atomic E-state index is 0.0287. The van der Waals surface area contributed by atoms with Crippen LogP contribution < -0.4 is 5.46 Å². The minimum atomic E-state index is -0.519. The highest BCUT2D eigenvalue weighted by atomic mass is 16.7. The Balaban J connectivity index is 1.62. The van der Waals surface area contributed by atoms with Crippen LogP contribution >= 0.6 is 0 Å². The van der Waals surface area contributed by atoms with Gasteiger partial charge in [0.05, 0.1) is 31.0 Å². The Morgan fingerprint density at radius 3 is 2.28 bits per heavy atom. The first-order valence-corrected chi connectivity index (χ1v) is 8.93. The number of hydrogen-bond donors (Lipinski definition) is 0. The molecule has 2 aliphatic rings. The van der Waals surface area contributed by atoms with E-state index >= 15 is 0 Å². The van der Waals surface area contributed by atoms with E-state index in [9.17, 15) is 0 Å². The van der Waals surface area contributed by atoms with Crippen molar-refractivity contribution in [2.45, 2.75) is 71.2 Å². The Kier molecular flexibility index (Phi) is 5.03. The number of rotatable bonds is 5. The van der Waals surface area contributed by atoms with Gasteiger partial charge in [-0.1, -0.05) is 24.3 Å². The molecule has 1 atom stereocenters. The molecule has 3 rings (SSSR count). The van der Waals surface area contributed by atoms with Gasteiger partial charge in [0, 0.05) is 0 Å². The second kappa shape index (κ2) is 6.67. The van der Waals surface area contributed by atoms with E-state index in [1.165, 1.54) is 0 Å². The lowest BCUT2D eigenvalue weighted by atomic mass is 9.76. The third-order valence-electron chi connectivity index (χ3n) is 5.19. The molecule has 1 aromatic carbocycles. The van der Waals surface area contributed by atoms with E-state index in [-0.39, 0.29) is 24.4 Å². The van der Waals surface area contributed by atoms with E-state index in [0.717, 1.165) is 11.0 Å². The van der Waals surface area contributed by atoms with Gasteiger partial charge in [0.1, 0.15) is 6.10 Å². The third kappa shape index (κ3) is 4.09. The zero-order valence-corrected chi connectivity index (χ0v) is 16.1. The van der Waals surface area contributed by atoms with Crippen LogP contribution in [0.3, 0.4) is 0 Å². The molecule has 0 N–H and O–H groups in total. The summed E-state index contributed by atoms with van der Waals surface area (Å²) in [4.78, 5) is 0. The molecule has 6 heteroatoms. The summed E-state index contributed by atoms with van der Waals surface area (Å²) in [6, 6.07) is 8.10. The average molecular weight is 348 g/mol. The molecule has 138 valence electrons. The normalized spacial score (nSPS) is 27.0. The highest BCUT2D eigenvalue weighted by Gasteiger charge is 2.52. The van der Waals surface area contributed by atoms with Crippen molar-refractivity contribution < 1.29 is 23.5 Å². The summed E-state index contributed by atoms with van der Waals surface area (Å²) in [7, 11) is -0.380. The average Bonchev–Trinajstić information content (AvgIpc) is 2.95. The Morgan fingerprint density at radius 1 is 1.04 bits per heavy atom. The van der Waals surface area contributed by atoms with Crippen molar-refractivity contribution in [3.8, 4) is 0 Å². The number of hydrogen-bond acceptors (Lipinski definition) is 5. The topological polar surface area (TPSA) is 46.2 Å². The minimum Gasteiger partial charge on any atom is -0.399 e. The summed E-state index contributed by atoms with van der Waals surface area (Å²) in [6.45, 7) is 13.6. The fourth-order valence-electron chi connectivity index (χ4n) is 3.01. The molecule has 1 unspecified atom stereocenters. The van der Waals surface area contributed by atoms with Crippen LogP contribution in [0.1, 0.15) is 47.1 Å². The molecule has 0 spiro atoms. The van der Waals surface area contributed by atoms with Crippen molar-refractivity contribution in [2.75, 3.05) is 13.2 Å². The van der Waals surface area contributed by atoms with E-state index < -0.39 is 5.79 Å². The lowest BCUT2D eigenvalue weighted by Gasteiger charge is -2.32. The van der Waals surface area contributed by atoms with E-state index in [2.05, 4.69) is 33.8 Å². The SMILES string of the molecule is CC1(C)OCC(COCc2ccccc2B2OC(C)(C)C(C)(C)O2)O1. The van der Waals surface area contributed by atoms with Gasteiger partial charge in [0.2, 0.25) is 0 Å². The van der Waals surface area contributed by atoms with Crippen molar-refractivity contribution in [3.05, 3.63) is 29.8 Å². The molecular weight excluding hydrogens is 319 g/mol. The van der Waals surface area contributed by atoms with Crippen LogP contribution in [0.2, 0.25) is 0 Å². The van der Waals surface area contributed by atoms with Crippen molar-refractivity contribution in [3.63, 3.8) is 0 Å². The monoisotopic (exact) mass is 348 g/mol. The maximum absolute atomic E-state index is 6.18. The molecule has 0 bridgehead atoms. The molecule has 2 saturated heterocycles. The first kappa shape index (κ1) is 18.9. The molecule has 2 heterocycles. The molecule has 0 amide bonds. The molecule has 5 nitrogen and oxygen atoms in total. The standard InChI is InChI=1S/C19H29BO5/c1-17(2)18(3,4)25-20(24-17)16-10-8-7-9-14(16)11-21-12-15-13-22-19(5,6)23-15/h7-10,15H,11-13H2,1-6H3. The maximum atomic E-state index is 6.18. The molecule has 0 radical (unpaired) electrons. The smallest absolute Gasteiger partial charge is 0.399 e. The van der Waals surface area contributed by atoms with Gasteiger partial charge in [-0.2, -0.15) is 0 Å². The van der Waals surface area contributed by atoms with Crippen LogP contribution in [0.4, 0.5) is 0 Å². The summed E-state index contributed by atoms with van der Waals surface area (Å²) < 4.78 is 29.6. The quantitative estimate of drug-likeness (QED) is 0.766. The zero-order chi connectivity index (χ0) is 18.3. The fraction of sp³-hybridized carbons (Fsp3) is 0.684. The predicted molar refractivity (Wildman–Crippen MR) is 96.7 cm³/mol. The second-order valence-electron chi connectivity index (χ2n) is 8.25. The van der Waals surface area contributed by atoms with E-state index in [4.69, 9.17) is 23.5 Å². The summed E-state index contributed by atoms with van der Waals surface area (Å²) in [5.41, 5.74) is 1.38. The van der Waals surface area contributed by atoms with Gasteiger partial charge in [-0.05, 0) is 52.6 Å². The van der Waals surface area contributed by atoms with Crippen molar-refractivity contribution in [1.82, 2.24) is 0 Å². The Labute approximate surface area is 151 Å². The zero-order valence-electron chi connectivity index (χ0n) is 16.1. The van der Waals surface area contributed by atoms with Crippen molar-refractivity contribution in [1.29, 1.82) is 0 Å². The molecule has 1 aromatic rings. The van der Waals surface area contributed by atoms with Gasteiger partial charge in [0.15, 0.2) is 5.79 Å². The molecular formula is C19H29BO5.